The van der Waals surface area contributed by atoms with Crippen molar-refractivity contribution < 1.29 is 0 Å². The van der Waals surface area contributed by atoms with Crippen LogP contribution < -0.4 is 5.32 Å². The van der Waals surface area contributed by atoms with Crippen LogP contribution in [0, 0.1) is 0 Å². The van der Waals surface area contributed by atoms with E-state index in [0.29, 0.717) is 16.1 Å². The second-order valence-electron chi connectivity index (χ2n) is 3.57. The fraction of sp³-hybridized carbons (Fsp3) is 0.500. The van der Waals surface area contributed by atoms with Crippen molar-refractivity contribution in [2.24, 2.45) is 0 Å². The molecule has 0 radical (unpaired) electrons. The zero-order chi connectivity index (χ0) is 12.0. The molecule has 0 aliphatic rings. The van der Waals surface area contributed by atoms with Gasteiger partial charge in [0.05, 0.1) is 10.0 Å². The Labute approximate surface area is 112 Å². The highest BCUT2D eigenvalue weighted by Gasteiger charge is 2.11. The molecule has 0 aliphatic heterocycles. The number of benzene rings is 1. The second kappa shape index (κ2) is 7.44. The molecule has 1 unspecified atom stereocenters. The predicted octanol–water partition coefficient (Wildman–Crippen LogP) is 4.40. The molecule has 0 saturated heterocycles. The van der Waals surface area contributed by atoms with Crippen LogP contribution in [0.25, 0.3) is 0 Å². The summed E-state index contributed by atoms with van der Waals surface area (Å²) in [5.41, 5.74) is 1.21. The molecule has 0 saturated carbocycles. The summed E-state index contributed by atoms with van der Waals surface area (Å²) < 4.78 is 0. The third kappa shape index (κ3) is 4.17. The number of rotatable bonds is 6. The Kier molecular flexibility index (Phi) is 6.59. The minimum absolute atomic E-state index is 0.368. The van der Waals surface area contributed by atoms with Crippen LogP contribution in [0.3, 0.4) is 0 Å². The maximum atomic E-state index is 6.03. The Balaban J connectivity index is 2.78. The van der Waals surface area contributed by atoms with Crippen molar-refractivity contribution in [2.45, 2.75) is 19.4 Å². The quantitative estimate of drug-likeness (QED) is 0.827. The maximum Gasteiger partial charge on any atom is 0.0595 e. The monoisotopic (exact) mass is 277 g/mol. The Morgan fingerprint density at radius 2 is 2.06 bits per heavy atom. The lowest BCUT2D eigenvalue weighted by Crippen LogP contribution is -2.21. The van der Waals surface area contributed by atoms with Crippen molar-refractivity contribution in [3.05, 3.63) is 33.8 Å². The van der Waals surface area contributed by atoms with Crippen LogP contribution >= 0.6 is 35.0 Å². The number of thioether (sulfide) groups is 1. The summed E-state index contributed by atoms with van der Waals surface area (Å²) in [5, 5.41) is 4.71. The van der Waals surface area contributed by atoms with E-state index in [0.717, 1.165) is 18.7 Å². The molecule has 90 valence electrons. The minimum Gasteiger partial charge on any atom is -0.310 e. The van der Waals surface area contributed by atoms with Crippen LogP contribution in [-0.2, 0) is 0 Å². The Hall–Kier alpha value is 0.110. The van der Waals surface area contributed by atoms with Gasteiger partial charge in [0, 0.05) is 6.04 Å². The molecule has 4 heteroatoms. The van der Waals surface area contributed by atoms with Crippen LogP contribution in [0.2, 0.25) is 10.0 Å². The highest BCUT2D eigenvalue weighted by atomic mass is 35.5. The summed E-state index contributed by atoms with van der Waals surface area (Å²) in [6.45, 7) is 3.07. The third-order valence-corrected chi connectivity index (χ3v) is 3.79. The summed E-state index contributed by atoms with van der Waals surface area (Å²) in [7, 11) is 0. The van der Waals surface area contributed by atoms with E-state index in [-0.39, 0.29) is 0 Å². The lowest BCUT2D eigenvalue weighted by molar-refractivity contribution is 0.541. The summed E-state index contributed by atoms with van der Waals surface area (Å²) >= 11 is 13.8. The van der Waals surface area contributed by atoms with Gasteiger partial charge in [0.1, 0.15) is 0 Å². The van der Waals surface area contributed by atoms with E-state index in [1.807, 2.05) is 30.0 Å². The first-order valence-corrected chi connectivity index (χ1v) is 7.51. The molecule has 1 aromatic carbocycles. The van der Waals surface area contributed by atoms with Crippen molar-refractivity contribution in [1.82, 2.24) is 5.32 Å². The fourth-order valence-corrected chi connectivity index (χ4v) is 2.38. The minimum atomic E-state index is 0.368. The number of hydrogen-bond donors (Lipinski definition) is 1. The van der Waals surface area contributed by atoms with Gasteiger partial charge in [0.15, 0.2) is 0 Å². The third-order valence-electron chi connectivity index (χ3n) is 2.41. The van der Waals surface area contributed by atoms with Gasteiger partial charge in [0.25, 0.3) is 0 Å². The van der Waals surface area contributed by atoms with Crippen LogP contribution in [0.15, 0.2) is 18.2 Å². The Bertz CT molecular complexity index is 331. The fourth-order valence-electron chi connectivity index (χ4n) is 1.60. The molecular weight excluding hydrogens is 261 g/mol. The summed E-state index contributed by atoms with van der Waals surface area (Å²) in [6, 6.07) is 6.23. The maximum absolute atomic E-state index is 6.03. The Morgan fingerprint density at radius 1 is 1.31 bits per heavy atom. The van der Waals surface area contributed by atoms with Crippen molar-refractivity contribution in [2.75, 3.05) is 18.6 Å². The van der Waals surface area contributed by atoms with E-state index >= 15 is 0 Å². The average Bonchev–Trinajstić information content (AvgIpc) is 2.28. The van der Waals surface area contributed by atoms with E-state index in [1.165, 1.54) is 5.56 Å². The smallest absolute Gasteiger partial charge is 0.0595 e. The summed E-state index contributed by atoms with van der Waals surface area (Å²) in [5.74, 6) is 1.14. The standard InChI is InChI=1S/C12H17Cl2NS/c1-3-15-12(6-7-16-2)9-4-5-10(13)11(14)8-9/h4-5,8,12,15H,3,6-7H2,1-2H3. The lowest BCUT2D eigenvalue weighted by Gasteiger charge is -2.18. The van der Waals surface area contributed by atoms with Crippen molar-refractivity contribution in [1.29, 1.82) is 0 Å². The predicted molar refractivity (Wildman–Crippen MR) is 75.9 cm³/mol. The molecular formula is C12H17Cl2NS. The molecule has 1 N–H and O–H groups in total. The molecule has 1 rings (SSSR count). The van der Waals surface area contributed by atoms with E-state index in [1.54, 1.807) is 0 Å². The van der Waals surface area contributed by atoms with Crippen molar-refractivity contribution in [3.8, 4) is 0 Å². The van der Waals surface area contributed by atoms with Gasteiger partial charge >= 0.3 is 0 Å². The SMILES string of the molecule is CCNC(CCSC)c1ccc(Cl)c(Cl)c1. The molecule has 0 amide bonds. The zero-order valence-electron chi connectivity index (χ0n) is 9.59. The van der Waals surface area contributed by atoms with Gasteiger partial charge in [-0.25, -0.2) is 0 Å². The molecule has 1 aromatic rings. The molecule has 0 fully saturated rings. The van der Waals surface area contributed by atoms with Gasteiger partial charge < -0.3 is 5.32 Å². The Morgan fingerprint density at radius 3 is 2.62 bits per heavy atom. The van der Waals surface area contributed by atoms with Gasteiger partial charge in [0.2, 0.25) is 0 Å². The summed E-state index contributed by atoms with van der Waals surface area (Å²) in [6.07, 6.45) is 3.23. The van der Waals surface area contributed by atoms with Crippen molar-refractivity contribution >= 4 is 35.0 Å². The van der Waals surface area contributed by atoms with Crippen molar-refractivity contribution in [3.63, 3.8) is 0 Å². The highest BCUT2D eigenvalue weighted by Crippen LogP contribution is 2.27. The van der Waals surface area contributed by atoms with Gasteiger partial charge in [-0.2, -0.15) is 11.8 Å². The molecule has 0 bridgehead atoms. The van der Waals surface area contributed by atoms with Crippen LogP contribution in [0.1, 0.15) is 24.9 Å². The first-order chi connectivity index (χ1) is 7.69. The number of hydrogen-bond acceptors (Lipinski definition) is 2. The van der Waals surface area contributed by atoms with Gasteiger partial charge in [-0.3, -0.25) is 0 Å². The number of nitrogens with one attached hydrogen (secondary N) is 1. The first kappa shape index (κ1) is 14.2. The van der Waals surface area contributed by atoms with Gasteiger partial charge in [-0.15, -0.1) is 0 Å². The molecule has 1 atom stereocenters. The molecule has 1 nitrogen and oxygen atoms in total. The van der Waals surface area contributed by atoms with Crippen LogP contribution in [0.5, 0.6) is 0 Å². The summed E-state index contributed by atoms with van der Waals surface area (Å²) in [4.78, 5) is 0. The molecule has 0 aromatic heterocycles. The van der Waals surface area contributed by atoms with Gasteiger partial charge in [-0.05, 0) is 42.7 Å². The number of halogens is 2. The second-order valence-corrected chi connectivity index (χ2v) is 5.37. The normalized spacial score (nSPS) is 12.8. The largest absolute Gasteiger partial charge is 0.310 e. The topological polar surface area (TPSA) is 12.0 Å². The molecule has 16 heavy (non-hydrogen) atoms. The molecule has 0 aliphatic carbocycles. The lowest BCUT2D eigenvalue weighted by atomic mass is 10.0. The van der Waals surface area contributed by atoms with Crippen LogP contribution in [0.4, 0.5) is 0 Å². The van der Waals surface area contributed by atoms with Gasteiger partial charge in [-0.1, -0.05) is 36.2 Å². The first-order valence-electron chi connectivity index (χ1n) is 5.36. The van der Waals surface area contributed by atoms with E-state index in [9.17, 15) is 0 Å². The molecule has 0 heterocycles. The van der Waals surface area contributed by atoms with E-state index in [4.69, 9.17) is 23.2 Å². The average molecular weight is 278 g/mol. The highest BCUT2D eigenvalue weighted by molar-refractivity contribution is 7.98. The van der Waals surface area contributed by atoms with E-state index < -0.39 is 0 Å². The van der Waals surface area contributed by atoms with E-state index in [2.05, 4.69) is 18.5 Å². The molecule has 0 spiro atoms. The van der Waals surface area contributed by atoms with Crippen LogP contribution in [-0.4, -0.2) is 18.6 Å². The zero-order valence-corrected chi connectivity index (χ0v) is 11.9.